The number of piperidine rings is 1. The molecule has 0 bridgehead atoms. The molecule has 1 fully saturated rings. The number of ether oxygens (including phenoxy) is 1. The highest BCUT2D eigenvalue weighted by molar-refractivity contribution is 7.89. The molecule has 0 atom stereocenters. The Balaban J connectivity index is 1.66. The lowest BCUT2D eigenvalue weighted by atomic mass is 9.90. The van der Waals surface area contributed by atoms with E-state index in [1.165, 1.54) is 0 Å². The molecule has 1 N–H and O–H groups in total. The molecule has 1 aliphatic heterocycles. The summed E-state index contributed by atoms with van der Waals surface area (Å²) >= 11 is 0. The Morgan fingerprint density at radius 1 is 1.00 bits per heavy atom. The largest absolute Gasteiger partial charge is 0.508 e. The minimum atomic E-state index is -3.48. The molecule has 2 aromatic carbocycles. The highest BCUT2D eigenvalue weighted by Crippen LogP contribution is 2.31. The summed E-state index contributed by atoms with van der Waals surface area (Å²) in [6, 6.07) is 13.8. The Morgan fingerprint density at radius 3 is 2.12 bits per heavy atom. The van der Waals surface area contributed by atoms with Crippen molar-refractivity contribution in [1.82, 2.24) is 4.31 Å². The van der Waals surface area contributed by atoms with Gasteiger partial charge in [0.05, 0.1) is 11.0 Å². The van der Waals surface area contributed by atoms with Crippen LogP contribution in [0.15, 0.2) is 53.4 Å². The Bertz CT molecular complexity index is 821. The van der Waals surface area contributed by atoms with Crippen LogP contribution in [0.5, 0.6) is 11.5 Å². The second kappa shape index (κ2) is 7.68. The molecule has 2 aromatic rings. The summed E-state index contributed by atoms with van der Waals surface area (Å²) in [5, 5.41) is 9.40. The number of sulfonamides is 1. The zero-order chi connectivity index (χ0) is 18.7. The molecule has 0 spiro atoms. The van der Waals surface area contributed by atoms with Gasteiger partial charge in [0.25, 0.3) is 0 Å². The van der Waals surface area contributed by atoms with E-state index in [0.29, 0.717) is 29.7 Å². The number of phenols is 1. The Labute approximate surface area is 155 Å². The zero-order valence-electron chi connectivity index (χ0n) is 15.1. The van der Waals surface area contributed by atoms with E-state index in [-0.39, 0.29) is 11.9 Å². The first-order valence-corrected chi connectivity index (χ1v) is 10.4. The van der Waals surface area contributed by atoms with Crippen LogP contribution in [0.25, 0.3) is 0 Å². The molecule has 0 radical (unpaired) electrons. The monoisotopic (exact) mass is 375 g/mol. The normalized spacial score (nSPS) is 16.7. The Kier molecular flexibility index (Phi) is 5.53. The predicted octanol–water partition coefficient (Wildman–Crippen LogP) is 3.75. The van der Waals surface area contributed by atoms with E-state index in [1.807, 2.05) is 26.0 Å². The fraction of sp³-hybridized carbons (Fsp3) is 0.400. The first kappa shape index (κ1) is 18.7. The van der Waals surface area contributed by atoms with Gasteiger partial charge < -0.3 is 9.84 Å². The quantitative estimate of drug-likeness (QED) is 0.864. The molecule has 0 unspecified atom stereocenters. The summed E-state index contributed by atoms with van der Waals surface area (Å²) in [6.07, 6.45) is 1.60. The van der Waals surface area contributed by atoms with Crippen LogP contribution in [0.3, 0.4) is 0 Å². The first-order chi connectivity index (χ1) is 12.4. The summed E-state index contributed by atoms with van der Waals surface area (Å²) in [4.78, 5) is 0.302. The summed E-state index contributed by atoms with van der Waals surface area (Å²) < 4.78 is 32.9. The highest BCUT2D eigenvalue weighted by Gasteiger charge is 2.29. The van der Waals surface area contributed by atoms with E-state index in [9.17, 15) is 13.5 Å². The van der Waals surface area contributed by atoms with Crippen molar-refractivity contribution < 1.29 is 18.3 Å². The molecule has 0 aromatic heterocycles. The van der Waals surface area contributed by atoms with Crippen LogP contribution in [0.2, 0.25) is 0 Å². The number of hydrogen-bond acceptors (Lipinski definition) is 4. The van der Waals surface area contributed by atoms with Crippen LogP contribution in [0.1, 0.15) is 38.2 Å². The maximum Gasteiger partial charge on any atom is 0.243 e. The molecule has 1 heterocycles. The second-order valence-electron chi connectivity index (χ2n) is 6.91. The van der Waals surface area contributed by atoms with Gasteiger partial charge >= 0.3 is 0 Å². The van der Waals surface area contributed by atoms with E-state index in [4.69, 9.17) is 4.74 Å². The number of phenolic OH excluding ortho intramolecular Hbond substituents is 1. The van der Waals surface area contributed by atoms with Crippen LogP contribution < -0.4 is 4.74 Å². The van der Waals surface area contributed by atoms with Crippen LogP contribution in [-0.2, 0) is 10.0 Å². The van der Waals surface area contributed by atoms with Gasteiger partial charge in [-0.2, -0.15) is 4.31 Å². The maximum absolute atomic E-state index is 12.9. The topological polar surface area (TPSA) is 66.8 Å². The van der Waals surface area contributed by atoms with Crippen LogP contribution in [-0.4, -0.2) is 37.0 Å². The van der Waals surface area contributed by atoms with E-state index >= 15 is 0 Å². The van der Waals surface area contributed by atoms with Gasteiger partial charge in [-0.25, -0.2) is 8.42 Å². The van der Waals surface area contributed by atoms with E-state index in [2.05, 4.69) is 0 Å². The lowest BCUT2D eigenvalue weighted by molar-refractivity contribution is 0.242. The van der Waals surface area contributed by atoms with Crippen LogP contribution in [0, 0.1) is 0 Å². The van der Waals surface area contributed by atoms with Gasteiger partial charge in [-0.3, -0.25) is 0 Å². The number of hydrogen-bond donors (Lipinski definition) is 1. The molecule has 26 heavy (non-hydrogen) atoms. The van der Waals surface area contributed by atoms with Gasteiger partial charge in [-0.1, -0.05) is 12.1 Å². The van der Waals surface area contributed by atoms with Crippen molar-refractivity contribution in [3.05, 3.63) is 54.1 Å². The average molecular weight is 375 g/mol. The SMILES string of the molecule is CC(C)Oc1ccc(S(=O)(=O)N2CCC(c3ccc(O)cc3)CC2)cc1. The molecule has 1 saturated heterocycles. The van der Waals surface area contributed by atoms with Crippen molar-refractivity contribution in [2.75, 3.05) is 13.1 Å². The predicted molar refractivity (Wildman–Crippen MR) is 101 cm³/mol. The van der Waals surface area contributed by atoms with E-state index < -0.39 is 10.0 Å². The van der Waals surface area contributed by atoms with Crippen molar-refractivity contribution in [2.45, 2.75) is 43.6 Å². The van der Waals surface area contributed by atoms with Gasteiger partial charge in [-0.15, -0.1) is 0 Å². The third-order valence-electron chi connectivity index (χ3n) is 4.65. The summed E-state index contributed by atoms with van der Waals surface area (Å²) in [5.41, 5.74) is 1.15. The summed E-state index contributed by atoms with van der Waals surface area (Å²) in [5.74, 6) is 1.24. The molecule has 3 rings (SSSR count). The van der Waals surface area contributed by atoms with Crippen molar-refractivity contribution >= 4 is 10.0 Å². The summed E-state index contributed by atoms with van der Waals surface area (Å²) in [6.45, 7) is 4.86. The lowest BCUT2D eigenvalue weighted by Gasteiger charge is -2.31. The third kappa shape index (κ3) is 4.19. The number of rotatable bonds is 5. The van der Waals surface area contributed by atoms with Crippen molar-refractivity contribution in [2.24, 2.45) is 0 Å². The second-order valence-corrected chi connectivity index (χ2v) is 8.85. The van der Waals surface area contributed by atoms with Crippen molar-refractivity contribution in [3.63, 3.8) is 0 Å². The number of aromatic hydroxyl groups is 1. The van der Waals surface area contributed by atoms with Gasteiger partial charge in [-0.05, 0) is 74.6 Å². The molecule has 0 amide bonds. The Hall–Kier alpha value is -2.05. The molecular weight excluding hydrogens is 350 g/mol. The van der Waals surface area contributed by atoms with Crippen LogP contribution in [0.4, 0.5) is 0 Å². The minimum Gasteiger partial charge on any atom is -0.508 e. The molecule has 6 heteroatoms. The summed E-state index contributed by atoms with van der Waals surface area (Å²) in [7, 11) is -3.48. The number of benzene rings is 2. The molecule has 5 nitrogen and oxygen atoms in total. The number of nitrogens with zero attached hydrogens (tertiary/aromatic N) is 1. The van der Waals surface area contributed by atoms with Gasteiger partial charge in [0.15, 0.2) is 0 Å². The standard InChI is InChI=1S/C20H25NO4S/c1-15(2)25-19-7-9-20(10-8-19)26(23,24)21-13-11-17(12-14-21)16-3-5-18(22)6-4-16/h3-10,15,17,22H,11-14H2,1-2H3. The highest BCUT2D eigenvalue weighted by atomic mass is 32.2. The van der Waals surface area contributed by atoms with Crippen molar-refractivity contribution in [3.8, 4) is 11.5 Å². The molecule has 1 aliphatic rings. The lowest BCUT2D eigenvalue weighted by Crippen LogP contribution is -2.37. The van der Waals surface area contributed by atoms with Crippen molar-refractivity contribution in [1.29, 1.82) is 0 Å². The fourth-order valence-corrected chi connectivity index (χ4v) is 4.76. The zero-order valence-corrected chi connectivity index (χ0v) is 15.9. The minimum absolute atomic E-state index is 0.0522. The Morgan fingerprint density at radius 2 is 1.58 bits per heavy atom. The van der Waals surface area contributed by atoms with Gasteiger partial charge in [0.2, 0.25) is 10.0 Å². The maximum atomic E-state index is 12.9. The average Bonchev–Trinajstić information content (AvgIpc) is 2.62. The molecule has 140 valence electrons. The molecule has 0 aliphatic carbocycles. The fourth-order valence-electron chi connectivity index (χ4n) is 3.29. The van der Waals surface area contributed by atoms with E-state index in [0.717, 1.165) is 18.4 Å². The third-order valence-corrected chi connectivity index (χ3v) is 6.56. The molecular formula is C20H25NO4S. The first-order valence-electron chi connectivity index (χ1n) is 8.92. The smallest absolute Gasteiger partial charge is 0.243 e. The molecule has 0 saturated carbocycles. The van der Waals surface area contributed by atoms with Gasteiger partial charge in [0, 0.05) is 13.1 Å². The van der Waals surface area contributed by atoms with Gasteiger partial charge in [0.1, 0.15) is 11.5 Å². The van der Waals surface area contributed by atoms with E-state index in [1.54, 1.807) is 40.7 Å². The van der Waals surface area contributed by atoms with Crippen LogP contribution >= 0.6 is 0 Å².